The molecule has 0 unspecified atom stereocenters. The molecule has 0 radical (unpaired) electrons. The molecule has 0 fully saturated rings. The van der Waals surface area contributed by atoms with Crippen molar-refractivity contribution in [2.75, 3.05) is 0 Å². The molecule has 0 amide bonds. The number of nitrogens with zero attached hydrogens (tertiary/aromatic N) is 2. The van der Waals surface area contributed by atoms with E-state index < -0.39 is 17.5 Å². The summed E-state index contributed by atoms with van der Waals surface area (Å²) in [5, 5.41) is 4.01. The fourth-order valence-corrected chi connectivity index (χ4v) is 2.42. The van der Waals surface area contributed by atoms with Crippen LogP contribution in [0.3, 0.4) is 0 Å². The second-order valence-electron chi connectivity index (χ2n) is 4.46. The van der Waals surface area contributed by atoms with Gasteiger partial charge in [-0.15, -0.1) is 0 Å². The van der Waals surface area contributed by atoms with E-state index in [9.17, 15) is 18.0 Å². The third kappa shape index (κ3) is 3.34. The third-order valence-corrected chi connectivity index (χ3v) is 3.61. The summed E-state index contributed by atoms with van der Waals surface area (Å²) in [6.07, 6.45) is -2.28. The number of hydrogen-bond donors (Lipinski definition) is 0. The number of aromatic nitrogens is 2. The first-order valence-corrected chi connectivity index (χ1v) is 7.07. The maximum Gasteiger partial charge on any atom is 0.417 e. The first-order valence-electron chi connectivity index (χ1n) is 6.28. The fraction of sp³-hybridized carbons (Fsp3) is 0.286. The van der Waals surface area contributed by atoms with Gasteiger partial charge in [0.1, 0.15) is 5.69 Å². The summed E-state index contributed by atoms with van der Waals surface area (Å²) in [6.45, 7) is 2.47. The monoisotopic (exact) mass is 360 g/mol. The summed E-state index contributed by atoms with van der Waals surface area (Å²) in [4.78, 5) is 12.4. The maximum atomic E-state index is 12.9. The predicted octanol–water partition coefficient (Wildman–Crippen LogP) is 4.31. The van der Waals surface area contributed by atoms with Gasteiger partial charge < -0.3 is 0 Å². The van der Waals surface area contributed by atoms with E-state index in [1.54, 1.807) is 0 Å². The zero-order valence-corrected chi connectivity index (χ0v) is 12.7. The number of carbonyl (C=O) groups is 1. The molecule has 1 aromatic heterocycles. The molecule has 0 saturated carbocycles. The van der Waals surface area contributed by atoms with Gasteiger partial charge in [-0.3, -0.25) is 9.48 Å². The molecule has 112 valence electrons. The van der Waals surface area contributed by atoms with Gasteiger partial charge in [0.25, 0.3) is 0 Å². The first kappa shape index (κ1) is 15.8. The molecular formula is C14H12BrF3N2O. The minimum Gasteiger partial charge on any atom is -0.287 e. The number of aryl methyl sites for hydroxylation is 1. The summed E-state index contributed by atoms with van der Waals surface area (Å²) < 4.78 is 40.0. The van der Waals surface area contributed by atoms with Gasteiger partial charge in [-0.2, -0.15) is 18.3 Å². The predicted molar refractivity (Wildman–Crippen MR) is 75.1 cm³/mol. The number of rotatable bonds is 4. The number of alkyl halides is 3. The Morgan fingerprint density at radius 1 is 1.33 bits per heavy atom. The van der Waals surface area contributed by atoms with E-state index >= 15 is 0 Å². The largest absolute Gasteiger partial charge is 0.417 e. The van der Waals surface area contributed by atoms with Crippen LogP contribution >= 0.6 is 15.9 Å². The van der Waals surface area contributed by atoms with Crippen LogP contribution in [0.4, 0.5) is 13.2 Å². The highest BCUT2D eigenvalue weighted by atomic mass is 79.9. The maximum absolute atomic E-state index is 12.9. The minimum absolute atomic E-state index is 0.0108. The molecule has 0 aliphatic rings. The van der Waals surface area contributed by atoms with E-state index in [-0.39, 0.29) is 15.7 Å². The highest BCUT2D eigenvalue weighted by molar-refractivity contribution is 9.10. The van der Waals surface area contributed by atoms with Crippen LogP contribution < -0.4 is 0 Å². The van der Waals surface area contributed by atoms with Crippen molar-refractivity contribution >= 4 is 21.7 Å². The molecular weight excluding hydrogens is 349 g/mol. The highest BCUT2D eigenvalue weighted by Crippen LogP contribution is 2.35. The molecule has 2 aromatic rings. The van der Waals surface area contributed by atoms with Gasteiger partial charge in [-0.25, -0.2) is 0 Å². The topological polar surface area (TPSA) is 34.9 Å². The molecule has 1 heterocycles. The summed E-state index contributed by atoms with van der Waals surface area (Å²) in [5.41, 5.74) is -0.592. The highest BCUT2D eigenvalue weighted by Gasteiger charge is 2.33. The quantitative estimate of drug-likeness (QED) is 0.761. The smallest absolute Gasteiger partial charge is 0.287 e. The van der Waals surface area contributed by atoms with Crippen molar-refractivity contribution in [1.29, 1.82) is 0 Å². The Morgan fingerprint density at radius 2 is 2.05 bits per heavy atom. The van der Waals surface area contributed by atoms with Gasteiger partial charge in [0.15, 0.2) is 0 Å². The lowest BCUT2D eigenvalue weighted by Gasteiger charge is -2.11. The second-order valence-corrected chi connectivity index (χ2v) is 5.32. The van der Waals surface area contributed by atoms with Crippen LogP contribution in [0.2, 0.25) is 0 Å². The number of carbonyl (C=O) groups excluding carboxylic acids is 1. The average molecular weight is 361 g/mol. The van der Waals surface area contributed by atoms with E-state index in [1.807, 2.05) is 6.92 Å². The average Bonchev–Trinajstić information content (AvgIpc) is 2.86. The molecule has 0 N–H and O–H groups in total. The SMILES string of the molecule is CCCn1nccc1C(=O)c1ccc(Br)c(C(F)(F)F)c1. The normalized spacial score (nSPS) is 11.7. The Hall–Kier alpha value is -1.63. The Balaban J connectivity index is 2.42. The van der Waals surface area contributed by atoms with E-state index in [1.165, 1.54) is 29.1 Å². The number of benzene rings is 1. The van der Waals surface area contributed by atoms with E-state index in [0.717, 1.165) is 12.5 Å². The zero-order chi connectivity index (χ0) is 15.6. The number of halogens is 4. The molecule has 2 rings (SSSR count). The lowest BCUT2D eigenvalue weighted by atomic mass is 10.0. The van der Waals surface area contributed by atoms with Gasteiger partial charge in [-0.1, -0.05) is 22.9 Å². The summed E-state index contributed by atoms with van der Waals surface area (Å²) in [6, 6.07) is 4.96. The molecule has 7 heteroatoms. The lowest BCUT2D eigenvalue weighted by molar-refractivity contribution is -0.138. The van der Waals surface area contributed by atoms with Gasteiger partial charge in [0.2, 0.25) is 5.78 Å². The van der Waals surface area contributed by atoms with Crippen molar-refractivity contribution in [2.24, 2.45) is 0 Å². The standard InChI is InChI=1S/C14H12BrF3N2O/c1-2-7-20-12(5-6-19-20)13(21)9-3-4-11(15)10(8-9)14(16,17)18/h3-6,8H,2,7H2,1H3. The molecule has 0 bridgehead atoms. The van der Waals surface area contributed by atoms with Crippen molar-refractivity contribution < 1.29 is 18.0 Å². The number of hydrogen-bond acceptors (Lipinski definition) is 2. The molecule has 0 aliphatic carbocycles. The van der Waals surface area contributed by atoms with Crippen molar-refractivity contribution in [1.82, 2.24) is 9.78 Å². The van der Waals surface area contributed by atoms with Crippen LogP contribution in [-0.4, -0.2) is 15.6 Å². The molecule has 0 spiro atoms. The van der Waals surface area contributed by atoms with E-state index in [4.69, 9.17) is 0 Å². The van der Waals surface area contributed by atoms with Crippen molar-refractivity contribution in [3.63, 3.8) is 0 Å². The van der Waals surface area contributed by atoms with Crippen LogP contribution in [0.1, 0.15) is 35.0 Å². The van der Waals surface area contributed by atoms with Gasteiger partial charge >= 0.3 is 6.18 Å². The van der Waals surface area contributed by atoms with Crippen LogP contribution in [-0.2, 0) is 12.7 Å². The Morgan fingerprint density at radius 3 is 2.67 bits per heavy atom. The fourth-order valence-electron chi connectivity index (χ4n) is 1.95. The molecule has 0 atom stereocenters. The molecule has 3 nitrogen and oxygen atoms in total. The third-order valence-electron chi connectivity index (χ3n) is 2.92. The summed E-state index contributed by atoms with van der Waals surface area (Å²) in [7, 11) is 0. The van der Waals surface area contributed by atoms with Gasteiger partial charge in [-0.05, 0) is 30.7 Å². The van der Waals surface area contributed by atoms with Crippen LogP contribution in [0, 0.1) is 0 Å². The molecule has 0 saturated heterocycles. The van der Waals surface area contributed by atoms with Gasteiger partial charge in [0.05, 0.1) is 5.56 Å². The number of ketones is 1. The Labute approximate surface area is 127 Å². The van der Waals surface area contributed by atoms with Crippen LogP contribution in [0.15, 0.2) is 34.9 Å². The minimum atomic E-state index is -4.52. The van der Waals surface area contributed by atoms with Crippen LogP contribution in [0.5, 0.6) is 0 Å². The Kier molecular flexibility index (Phi) is 4.51. The van der Waals surface area contributed by atoms with Crippen molar-refractivity contribution in [3.8, 4) is 0 Å². The van der Waals surface area contributed by atoms with E-state index in [0.29, 0.717) is 6.54 Å². The second kappa shape index (κ2) is 6.01. The van der Waals surface area contributed by atoms with Crippen molar-refractivity contribution in [2.45, 2.75) is 26.1 Å². The zero-order valence-electron chi connectivity index (χ0n) is 11.1. The van der Waals surface area contributed by atoms with Crippen LogP contribution in [0.25, 0.3) is 0 Å². The molecule has 21 heavy (non-hydrogen) atoms. The summed E-state index contributed by atoms with van der Waals surface area (Å²) >= 11 is 2.85. The first-order chi connectivity index (χ1) is 9.84. The lowest BCUT2D eigenvalue weighted by Crippen LogP contribution is -2.13. The molecule has 0 aliphatic heterocycles. The Bertz CT molecular complexity index is 664. The van der Waals surface area contributed by atoms with Crippen molar-refractivity contribution in [3.05, 3.63) is 51.8 Å². The van der Waals surface area contributed by atoms with Gasteiger partial charge in [0, 0.05) is 22.8 Å². The van der Waals surface area contributed by atoms with E-state index in [2.05, 4.69) is 21.0 Å². The summed E-state index contributed by atoms with van der Waals surface area (Å²) in [5.74, 6) is -0.473. The molecule has 1 aromatic carbocycles.